The smallest absolute Gasteiger partial charge is 0.256 e. The fraction of sp³-hybridized carbons (Fsp3) is 0.389. The van der Waals surface area contributed by atoms with Crippen LogP contribution in [-0.4, -0.2) is 19.1 Å². The lowest BCUT2D eigenvalue weighted by atomic mass is 10.0. The first-order valence-electron chi connectivity index (χ1n) is 7.66. The summed E-state index contributed by atoms with van der Waals surface area (Å²) in [6, 6.07) is 8.04. The summed E-state index contributed by atoms with van der Waals surface area (Å²) < 4.78 is 11.8. The summed E-state index contributed by atoms with van der Waals surface area (Å²) in [6.07, 6.45) is 0. The Balaban J connectivity index is 1.82. The van der Waals surface area contributed by atoms with Crippen molar-refractivity contribution in [3.63, 3.8) is 0 Å². The molecule has 0 saturated heterocycles. The first-order chi connectivity index (χ1) is 10.9. The molecule has 2 rings (SSSR count). The molecule has 0 aliphatic rings. The van der Waals surface area contributed by atoms with Crippen molar-refractivity contribution in [2.45, 2.75) is 33.6 Å². The van der Waals surface area contributed by atoms with Crippen LogP contribution >= 0.6 is 15.9 Å². The van der Waals surface area contributed by atoms with Gasteiger partial charge in [-0.2, -0.15) is 0 Å². The fourth-order valence-electron chi connectivity index (χ4n) is 2.29. The summed E-state index contributed by atoms with van der Waals surface area (Å²) in [4.78, 5) is 12.2. The minimum atomic E-state index is -0.162. The van der Waals surface area contributed by atoms with Gasteiger partial charge in [0.15, 0.2) is 0 Å². The lowest BCUT2D eigenvalue weighted by Crippen LogP contribution is -2.28. The Hall–Kier alpha value is -1.75. The van der Waals surface area contributed by atoms with E-state index in [1.807, 2.05) is 19.1 Å². The summed E-state index contributed by atoms with van der Waals surface area (Å²) >= 11 is 3.38. The van der Waals surface area contributed by atoms with E-state index in [0.717, 1.165) is 5.75 Å². The Morgan fingerprint density at radius 3 is 2.39 bits per heavy atom. The molecular weight excluding hydrogens is 358 g/mol. The van der Waals surface area contributed by atoms with Crippen LogP contribution in [0.15, 0.2) is 33.2 Å². The van der Waals surface area contributed by atoms with E-state index in [9.17, 15) is 4.79 Å². The zero-order chi connectivity index (χ0) is 17.0. The molecule has 1 N–H and O–H groups in total. The molecule has 1 amide bonds. The van der Waals surface area contributed by atoms with Crippen molar-refractivity contribution < 1.29 is 13.9 Å². The Labute approximate surface area is 145 Å². The minimum Gasteiger partial charge on any atom is -0.492 e. The molecule has 1 heterocycles. The Bertz CT molecular complexity index is 674. The molecular formula is C18H22BrNO3. The van der Waals surface area contributed by atoms with Crippen molar-refractivity contribution in [3.8, 4) is 5.75 Å². The van der Waals surface area contributed by atoms with Gasteiger partial charge in [0.05, 0.1) is 16.6 Å². The topological polar surface area (TPSA) is 51.5 Å². The molecule has 0 atom stereocenters. The highest BCUT2D eigenvalue weighted by atomic mass is 79.9. The van der Waals surface area contributed by atoms with Gasteiger partial charge < -0.3 is 14.5 Å². The summed E-state index contributed by atoms with van der Waals surface area (Å²) in [7, 11) is 0. The summed E-state index contributed by atoms with van der Waals surface area (Å²) in [5.74, 6) is 2.46. The van der Waals surface area contributed by atoms with Crippen molar-refractivity contribution >= 4 is 21.8 Å². The largest absolute Gasteiger partial charge is 0.492 e. The first kappa shape index (κ1) is 17.6. The number of carbonyl (C=O) groups excluding carboxylic acids is 1. The van der Waals surface area contributed by atoms with Gasteiger partial charge in [0, 0.05) is 0 Å². The average Bonchev–Trinajstić information content (AvgIpc) is 2.77. The van der Waals surface area contributed by atoms with E-state index in [0.29, 0.717) is 40.6 Å². The highest BCUT2D eigenvalue weighted by molar-refractivity contribution is 9.10. The second-order valence-electron chi connectivity index (χ2n) is 5.73. The third-order valence-electron chi connectivity index (χ3n) is 3.62. The molecule has 0 spiro atoms. The van der Waals surface area contributed by atoms with E-state index in [4.69, 9.17) is 9.15 Å². The maximum absolute atomic E-state index is 12.2. The number of ether oxygens (including phenoxy) is 1. The predicted molar refractivity (Wildman–Crippen MR) is 94.2 cm³/mol. The van der Waals surface area contributed by atoms with Crippen molar-refractivity contribution in [3.05, 3.63) is 51.4 Å². The monoisotopic (exact) mass is 379 g/mol. The molecule has 0 aliphatic heterocycles. The van der Waals surface area contributed by atoms with Crippen LogP contribution < -0.4 is 10.1 Å². The number of nitrogens with one attached hydrogen (secondary N) is 1. The van der Waals surface area contributed by atoms with Crippen LogP contribution in [-0.2, 0) is 0 Å². The third kappa shape index (κ3) is 4.38. The number of aryl methyl sites for hydroxylation is 2. The molecule has 124 valence electrons. The second kappa shape index (κ2) is 7.68. The summed E-state index contributed by atoms with van der Waals surface area (Å²) in [5, 5.41) is 2.84. The molecule has 5 heteroatoms. The van der Waals surface area contributed by atoms with E-state index in [1.165, 1.54) is 5.56 Å². The maximum atomic E-state index is 12.2. The van der Waals surface area contributed by atoms with Gasteiger partial charge in [0.2, 0.25) is 0 Å². The van der Waals surface area contributed by atoms with Gasteiger partial charge in [0.25, 0.3) is 5.91 Å². The molecule has 2 aromatic rings. The molecule has 4 nitrogen and oxygen atoms in total. The van der Waals surface area contributed by atoms with Crippen LogP contribution in [0.2, 0.25) is 0 Å². The highest BCUT2D eigenvalue weighted by Gasteiger charge is 2.19. The van der Waals surface area contributed by atoms with Crippen LogP contribution in [0, 0.1) is 13.8 Å². The number of benzene rings is 1. The number of hydrogen-bond donors (Lipinski definition) is 1. The Kier molecular flexibility index (Phi) is 5.88. The van der Waals surface area contributed by atoms with E-state index < -0.39 is 0 Å². The SMILES string of the molecule is Cc1oc(C)c(C(=O)NCCOc2ccc(C(C)C)cc2)c1Br. The van der Waals surface area contributed by atoms with Crippen LogP contribution in [0.5, 0.6) is 5.75 Å². The van der Waals surface area contributed by atoms with Gasteiger partial charge in [-0.3, -0.25) is 4.79 Å². The third-order valence-corrected chi connectivity index (χ3v) is 4.57. The lowest BCUT2D eigenvalue weighted by Gasteiger charge is -2.09. The van der Waals surface area contributed by atoms with Crippen molar-refractivity contribution in [1.82, 2.24) is 5.32 Å². The van der Waals surface area contributed by atoms with Gasteiger partial charge >= 0.3 is 0 Å². The number of amides is 1. The zero-order valence-electron chi connectivity index (χ0n) is 13.9. The van der Waals surface area contributed by atoms with Gasteiger partial charge in [-0.1, -0.05) is 26.0 Å². The van der Waals surface area contributed by atoms with Gasteiger partial charge in [-0.25, -0.2) is 0 Å². The Morgan fingerprint density at radius 2 is 1.87 bits per heavy atom. The molecule has 23 heavy (non-hydrogen) atoms. The molecule has 0 fully saturated rings. The lowest BCUT2D eigenvalue weighted by molar-refractivity contribution is 0.0945. The van der Waals surface area contributed by atoms with E-state index in [-0.39, 0.29) is 5.91 Å². The van der Waals surface area contributed by atoms with Crippen molar-refractivity contribution in [2.24, 2.45) is 0 Å². The average molecular weight is 380 g/mol. The number of hydrogen-bond acceptors (Lipinski definition) is 3. The van der Waals surface area contributed by atoms with Gasteiger partial charge in [-0.05, 0) is 53.4 Å². The molecule has 0 bridgehead atoms. The number of carbonyl (C=O) groups is 1. The highest BCUT2D eigenvalue weighted by Crippen LogP contribution is 2.27. The summed E-state index contributed by atoms with van der Waals surface area (Å²) in [6.45, 7) is 8.75. The molecule has 1 aromatic carbocycles. The second-order valence-corrected chi connectivity index (χ2v) is 6.52. The molecule has 0 unspecified atom stereocenters. The molecule has 0 aliphatic carbocycles. The van der Waals surface area contributed by atoms with E-state index in [2.05, 4.69) is 47.2 Å². The Morgan fingerprint density at radius 1 is 1.22 bits per heavy atom. The number of furan rings is 1. The predicted octanol–water partition coefficient (Wildman–Crippen LogP) is 4.59. The van der Waals surface area contributed by atoms with Gasteiger partial charge in [-0.15, -0.1) is 0 Å². The fourth-order valence-corrected chi connectivity index (χ4v) is 2.83. The quantitative estimate of drug-likeness (QED) is 0.746. The van der Waals surface area contributed by atoms with Crippen LogP contribution in [0.25, 0.3) is 0 Å². The van der Waals surface area contributed by atoms with Crippen LogP contribution in [0.4, 0.5) is 0 Å². The molecule has 1 aromatic heterocycles. The van der Waals surface area contributed by atoms with Crippen molar-refractivity contribution in [2.75, 3.05) is 13.2 Å². The first-order valence-corrected chi connectivity index (χ1v) is 8.46. The normalized spacial score (nSPS) is 10.9. The van der Waals surface area contributed by atoms with Gasteiger partial charge in [0.1, 0.15) is 23.9 Å². The number of halogens is 1. The van der Waals surface area contributed by atoms with Crippen LogP contribution in [0.1, 0.15) is 47.2 Å². The van der Waals surface area contributed by atoms with E-state index >= 15 is 0 Å². The molecule has 0 saturated carbocycles. The zero-order valence-corrected chi connectivity index (χ0v) is 15.5. The maximum Gasteiger partial charge on any atom is 0.256 e. The summed E-state index contributed by atoms with van der Waals surface area (Å²) in [5.41, 5.74) is 1.82. The minimum absolute atomic E-state index is 0.162. The standard InChI is InChI=1S/C18H22BrNO3/c1-11(2)14-5-7-15(8-6-14)22-10-9-20-18(21)16-12(3)23-13(4)17(16)19/h5-8,11H,9-10H2,1-4H3,(H,20,21). The van der Waals surface area contributed by atoms with Crippen molar-refractivity contribution in [1.29, 1.82) is 0 Å². The molecule has 0 radical (unpaired) electrons. The van der Waals surface area contributed by atoms with E-state index in [1.54, 1.807) is 6.92 Å². The van der Waals surface area contributed by atoms with Crippen LogP contribution in [0.3, 0.4) is 0 Å². The number of rotatable bonds is 6.